The minimum Gasteiger partial charge on any atom is -0.340 e. The van der Waals surface area contributed by atoms with Gasteiger partial charge in [-0.2, -0.15) is 0 Å². The highest BCUT2D eigenvalue weighted by atomic mass is 32.2. The molecule has 1 amide bonds. The Morgan fingerprint density at radius 1 is 1.57 bits per heavy atom. The molecule has 0 spiro atoms. The fourth-order valence-corrected chi connectivity index (χ4v) is 3.03. The predicted octanol–water partition coefficient (Wildman–Crippen LogP) is -1.02. The number of nitrogens with zero attached hydrogens (tertiary/aromatic N) is 1. The van der Waals surface area contributed by atoms with Gasteiger partial charge >= 0.3 is 0 Å². The van der Waals surface area contributed by atoms with E-state index in [4.69, 9.17) is 5.73 Å². The smallest absolute Gasteiger partial charge is 0.222 e. The lowest BCUT2D eigenvalue weighted by atomic mass is 10.3. The Balaban J connectivity index is 2.71. The van der Waals surface area contributed by atoms with Gasteiger partial charge in [-0.15, -0.1) is 0 Å². The molecule has 0 aromatic heterocycles. The van der Waals surface area contributed by atoms with Gasteiger partial charge in [0.15, 0.2) is 9.84 Å². The van der Waals surface area contributed by atoms with Crippen molar-refractivity contribution in [2.24, 2.45) is 5.73 Å². The third-order valence-electron chi connectivity index (χ3n) is 2.50. The normalized spacial score (nSPS) is 26.1. The molecule has 6 heteroatoms. The highest BCUT2D eigenvalue weighted by Crippen LogP contribution is 2.12. The first-order valence-corrected chi connectivity index (χ1v) is 6.42. The molecule has 1 heterocycles. The fourth-order valence-electron chi connectivity index (χ4n) is 1.53. The summed E-state index contributed by atoms with van der Waals surface area (Å²) in [6, 6.07) is 0. The van der Waals surface area contributed by atoms with Crippen LogP contribution in [0.2, 0.25) is 0 Å². The minimum atomic E-state index is -3.07. The Hall–Kier alpha value is -0.620. The lowest BCUT2D eigenvalue weighted by Gasteiger charge is -2.31. The quantitative estimate of drug-likeness (QED) is 0.646. The van der Waals surface area contributed by atoms with Crippen molar-refractivity contribution in [2.75, 3.05) is 25.4 Å². The van der Waals surface area contributed by atoms with Gasteiger partial charge in [-0.1, -0.05) is 6.92 Å². The maximum absolute atomic E-state index is 11.5. The molecule has 0 saturated carbocycles. The van der Waals surface area contributed by atoms with E-state index in [-0.39, 0.29) is 24.7 Å². The molecule has 2 N–H and O–H groups in total. The van der Waals surface area contributed by atoms with E-state index in [9.17, 15) is 13.2 Å². The summed E-state index contributed by atoms with van der Waals surface area (Å²) in [6.45, 7) is 2.43. The Labute approximate surface area is 84.2 Å². The van der Waals surface area contributed by atoms with E-state index in [1.165, 1.54) is 0 Å². The van der Waals surface area contributed by atoms with Gasteiger partial charge in [0.25, 0.3) is 0 Å². The Bertz CT molecular complexity index is 313. The fraction of sp³-hybridized carbons (Fsp3) is 0.875. The number of hydrogen-bond acceptors (Lipinski definition) is 4. The van der Waals surface area contributed by atoms with Gasteiger partial charge in [0, 0.05) is 26.1 Å². The Morgan fingerprint density at radius 2 is 2.21 bits per heavy atom. The molecular weight excluding hydrogens is 204 g/mol. The lowest BCUT2D eigenvalue weighted by molar-refractivity contribution is -0.130. The molecule has 82 valence electrons. The molecule has 1 saturated heterocycles. The van der Waals surface area contributed by atoms with Gasteiger partial charge in [0.2, 0.25) is 5.91 Å². The average molecular weight is 220 g/mol. The van der Waals surface area contributed by atoms with E-state index in [1.54, 1.807) is 11.8 Å². The van der Waals surface area contributed by atoms with E-state index < -0.39 is 15.1 Å². The minimum absolute atomic E-state index is 0.00153. The van der Waals surface area contributed by atoms with Crippen molar-refractivity contribution in [3.05, 3.63) is 0 Å². The van der Waals surface area contributed by atoms with Crippen molar-refractivity contribution < 1.29 is 13.2 Å². The molecule has 1 aliphatic heterocycles. The molecule has 1 fully saturated rings. The van der Waals surface area contributed by atoms with Crippen molar-refractivity contribution in [1.82, 2.24) is 4.90 Å². The van der Waals surface area contributed by atoms with Crippen LogP contribution >= 0.6 is 0 Å². The summed E-state index contributed by atoms with van der Waals surface area (Å²) in [7, 11) is -3.07. The van der Waals surface area contributed by atoms with Gasteiger partial charge in [-0.25, -0.2) is 8.42 Å². The molecule has 0 aliphatic carbocycles. The largest absolute Gasteiger partial charge is 0.340 e. The summed E-state index contributed by atoms with van der Waals surface area (Å²) in [5.74, 6) is 0.0407. The van der Waals surface area contributed by atoms with Crippen LogP contribution in [0.1, 0.15) is 13.3 Å². The van der Waals surface area contributed by atoms with Crippen molar-refractivity contribution in [3.8, 4) is 0 Å². The SMILES string of the molecule is CCC(=O)N1CCS(=O)(=O)C(CN)C1. The molecule has 14 heavy (non-hydrogen) atoms. The van der Waals surface area contributed by atoms with Crippen LogP contribution in [0.25, 0.3) is 0 Å². The number of amides is 1. The van der Waals surface area contributed by atoms with Crippen LogP contribution in [-0.4, -0.2) is 49.9 Å². The Morgan fingerprint density at radius 3 is 2.71 bits per heavy atom. The third kappa shape index (κ3) is 2.24. The molecule has 5 nitrogen and oxygen atoms in total. The number of carbonyl (C=O) groups excluding carboxylic acids is 1. The van der Waals surface area contributed by atoms with Crippen LogP contribution in [0.3, 0.4) is 0 Å². The second-order valence-electron chi connectivity index (χ2n) is 3.42. The van der Waals surface area contributed by atoms with Crippen LogP contribution in [-0.2, 0) is 14.6 Å². The summed E-state index contributed by atoms with van der Waals surface area (Å²) in [6.07, 6.45) is 0.414. The summed E-state index contributed by atoms with van der Waals surface area (Å²) >= 11 is 0. The van der Waals surface area contributed by atoms with Crippen molar-refractivity contribution in [2.45, 2.75) is 18.6 Å². The van der Waals surface area contributed by atoms with E-state index in [0.29, 0.717) is 13.0 Å². The first-order chi connectivity index (χ1) is 6.51. The molecular formula is C8H16N2O3S. The highest BCUT2D eigenvalue weighted by molar-refractivity contribution is 7.92. The van der Waals surface area contributed by atoms with Gasteiger partial charge < -0.3 is 10.6 Å². The maximum Gasteiger partial charge on any atom is 0.222 e. The predicted molar refractivity (Wildman–Crippen MR) is 53.5 cm³/mol. The molecule has 0 aromatic rings. The second-order valence-corrected chi connectivity index (χ2v) is 5.82. The monoisotopic (exact) mass is 220 g/mol. The standard InChI is InChI=1S/C8H16N2O3S/c1-2-8(11)10-3-4-14(12,13)7(5-9)6-10/h7H,2-6,9H2,1H3. The van der Waals surface area contributed by atoms with E-state index in [2.05, 4.69) is 0 Å². The molecule has 0 aromatic carbocycles. The maximum atomic E-state index is 11.5. The number of hydrogen-bond donors (Lipinski definition) is 1. The molecule has 1 aliphatic rings. The first-order valence-electron chi connectivity index (χ1n) is 4.70. The zero-order chi connectivity index (χ0) is 10.8. The first kappa shape index (κ1) is 11.5. The van der Waals surface area contributed by atoms with Crippen LogP contribution in [0, 0.1) is 0 Å². The summed E-state index contributed by atoms with van der Waals surface area (Å²) in [4.78, 5) is 12.9. The number of nitrogens with two attached hydrogens (primary N) is 1. The van der Waals surface area contributed by atoms with Crippen molar-refractivity contribution in [3.63, 3.8) is 0 Å². The van der Waals surface area contributed by atoms with Crippen LogP contribution < -0.4 is 5.73 Å². The topological polar surface area (TPSA) is 80.5 Å². The van der Waals surface area contributed by atoms with E-state index in [0.717, 1.165) is 0 Å². The van der Waals surface area contributed by atoms with Gasteiger partial charge in [0.05, 0.1) is 11.0 Å². The number of carbonyl (C=O) groups is 1. The molecule has 1 atom stereocenters. The van der Waals surface area contributed by atoms with Gasteiger partial charge in [-0.3, -0.25) is 4.79 Å². The van der Waals surface area contributed by atoms with Crippen LogP contribution in [0.15, 0.2) is 0 Å². The Kier molecular flexibility index (Phi) is 3.49. The van der Waals surface area contributed by atoms with Crippen molar-refractivity contribution in [1.29, 1.82) is 0 Å². The van der Waals surface area contributed by atoms with E-state index >= 15 is 0 Å². The summed E-state index contributed by atoms with van der Waals surface area (Å²) < 4.78 is 22.9. The third-order valence-corrected chi connectivity index (χ3v) is 4.60. The van der Waals surface area contributed by atoms with Gasteiger partial charge in [0.1, 0.15) is 0 Å². The lowest BCUT2D eigenvalue weighted by Crippen LogP contribution is -2.51. The molecule has 1 unspecified atom stereocenters. The zero-order valence-corrected chi connectivity index (χ0v) is 9.09. The second kappa shape index (κ2) is 4.27. The summed E-state index contributed by atoms with van der Waals surface area (Å²) in [5, 5.41) is -0.577. The van der Waals surface area contributed by atoms with Crippen LogP contribution in [0.4, 0.5) is 0 Å². The summed E-state index contributed by atoms with van der Waals surface area (Å²) in [5.41, 5.74) is 5.37. The average Bonchev–Trinajstić information content (AvgIpc) is 2.16. The zero-order valence-electron chi connectivity index (χ0n) is 8.27. The molecule has 0 bridgehead atoms. The van der Waals surface area contributed by atoms with Gasteiger partial charge in [-0.05, 0) is 0 Å². The number of sulfone groups is 1. The molecule has 1 rings (SSSR count). The highest BCUT2D eigenvalue weighted by Gasteiger charge is 2.33. The van der Waals surface area contributed by atoms with Crippen molar-refractivity contribution >= 4 is 15.7 Å². The van der Waals surface area contributed by atoms with Crippen LogP contribution in [0.5, 0.6) is 0 Å². The van der Waals surface area contributed by atoms with E-state index in [1.807, 2.05) is 0 Å². The number of rotatable bonds is 2. The molecule has 0 radical (unpaired) electrons.